The first kappa shape index (κ1) is 11.3. The maximum absolute atomic E-state index is 9.21. The maximum Gasteiger partial charge on any atom is 0.129 e. The molecule has 0 aliphatic heterocycles. The van der Waals surface area contributed by atoms with Gasteiger partial charge in [0.15, 0.2) is 0 Å². The Labute approximate surface area is 96.1 Å². The molecule has 0 atom stereocenters. The van der Waals surface area contributed by atoms with Crippen molar-refractivity contribution >= 4 is 5.82 Å². The maximum atomic E-state index is 9.21. The summed E-state index contributed by atoms with van der Waals surface area (Å²) in [6, 6.07) is 2.35. The molecule has 1 aromatic rings. The zero-order chi connectivity index (χ0) is 11.8. The van der Waals surface area contributed by atoms with Gasteiger partial charge in [0.2, 0.25) is 0 Å². The lowest BCUT2D eigenvalue weighted by atomic mass is 9.89. The average Bonchev–Trinajstić information content (AvgIpc) is 2.14. The van der Waals surface area contributed by atoms with Gasteiger partial charge in [-0.1, -0.05) is 20.8 Å². The molecule has 0 bridgehead atoms. The molecular formula is C12H19N3O. The SMILES string of the molecule is CC(C)(C)c1cc(N[C@H]2C[C@H](O)C2)ncn1. The number of aliphatic hydroxyl groups is 1. The zero-order valence-corrected chi connectivity index (χ0v) is 10.1. The summed E-state index contributed by atoms with van der Waals surface area (Å²) in [5.41, 5.74) is 1.07. The van der Waals surface area contributed by atoms with Gasteiger partial charge in [-0.25, -0.2) is 9.97 Å². The van der Waals surface area contributed by atoms with Crippen LogP contribution in [-0.4, -0.2) is 27.2 Å². The highest BCUT2D eigenvalue weighted by atomic mass is 16.3. The van der Waals surface area contributed by atoms with Gasteiger partial charge in [0.1, 0.15) is 12.1 Å². The molecule has 0 aromatic carbocycles. The fourth-order valence-corrected chi connectivity index (χ4v) is 1.76. The Morgan fingerprint density at radius 3 is 2.56 bits per heavy atom. The molecule has 1 aromatic heterocycles. The van der Waals surface area contributed by atoms with Crippen LogP contribution in [-0.2, 0) is 5.41 Å². The molecule has 88 valence electrons. The minimum atomic E-state index is -0.138. The van der Waals surface area contributed by atoms with Crippen LogP contribution in [0.1, 0.15) is 39.3 Å². The number of aromatic nitrogens is 2. The second-order valence-corrected chi connectivity index (χ2v) is 5.50. The summed E-state index contributed by atoms with van der Waals surface area (Å²) in [4.78, 5) is 8.47. The summed E-state index contributed by atoms with van der Waals surface area (Å²) < 4.78 is 0. The minimum Gasteiger partial charge on any atom is -0.393 e. The smallest absolute Gasteiger partial charge is 0.129 e. The molecule has 0 radical (unpaired) electrons. The standard InChI is InChI=1S/C12H19N3O/c1-12(2,3)10-6-11(14-7-13-10)15-8-4-9(16)5-8/h6-9,16H,4-5H2,1-3H3,(H,13,14,15)/t8-,9-. The average molecular weight is 221 g/mol. The summed E-state index contributed by atoms with van der Waals surface area (Å²) >= 11 is 0. The van der Waals surface area contributed by atoms with Crippen LogP contribution in [0.25, 0.3) is 0 Å². The van der Waals surface area contributed by atoms with E-state index in [1.807, 2.05) is 6.07 Å². The van der Waals surface area contributed by atoms with E-state index in [-0.39, 0.29) is 11.5 Å². The van der Waals surface area contributed by atoms with Crippen LogP contribution in [0.2, 0.25) is 0 Å². The highest BCUT2D eigenvalue weighted by molar-refractivity contribution is 5.38. The number of anilines is 1. The molecule has 0 amide bonds. The second-order valence-electron chi connectivity index (χ2n) is 5.50. The van der Waals surface area contributed by atoms with Crippen molar-refractivity contribution in [2.24, 2.45) is 0 Å². The third-order valence-corrected chi connectivity index (χ3v) is 2.90. The van der Waals surface area contributed by atoms with E-state index in [1.165, 1.54) is 0 Å². The van der Waals surface area contributed by atoms with Crippen LogP contribution in [0.15, 0.2) is 12.4 Å². The number of aliphatic hydroxyl groups excluding tert-OH is 1. The van der Waals surface area contributed by atoms with Crippen molar-refractivity contribution in [1.29, 1.82) is 0 Å². The first-order chi connectivity index (χ1) is 7.45. The van der Waals surface area contributed by atoms with Crippen molar-refractivity contribution in [3.63, 3.8) is 0 Å². The Morgan fingerprint density at radius 1 is 1.31 bits per heavy atom. The highest BCUT2D eigenvalue weighted by Gasteiger charge is 2.27. The van der Waals surface area contributed by atoms with E-state index in [4.69, 9.17) is 0 Å². The molecule has 1 aliphatic carbocycles. The first-order valence-electron chi connectivity index (χ1n) is 5.72. The lowest BCUT2D eigenvalue weighted by Gasteiger charge is -2.32. The third-order valence-electron chi connectivity index (χ3n) is 2.90. The van der Waals surface area contributed by atoms with Gasteiger partial charge in [-0.2, -0.15) is 0 Å². The van der Waals surface area contributed by atoms with Gasteiger partial charge in [0, 0.05) is 17.5 Å². The summed E-state index contributed by atoms with van der Waals surface area (Å²) in [5.74, 6) is 0.858. The number of hydrogen-bond donors (Lipinski definition) is 2. The van der Waals surface area contributed by atoms with Crippen molar-refractivity contribution in [2.75, 3.05) is 5.32 Å². The van der Waals surface area contributed by atoms with Gasteiger partial charge in [-0.3, -0.25) is 0 Å². The Balaban J connectivity index is 2.05. The number of nitrogens with zero attached hydrogens (tertiary/aromatic N) is 2. The van der Waals surface area contributed by atoms with E-state index < -0.39 is 0 Å². The predicted molar refractivity (Wildman–Crippen MR) is 63.4 cm³/mol. The van der Waals surface area contributed by atoms with Crippen LogP contribution >= 0.6 is 0 Å². The summed E-state index contributed by atoms with van der Waals surface area (Å²) in [5, 5.41) is 12.5. The molecular weight excluding hydrogens is 202 g/mol. The van der Waals surface area contributed by atoms with Crippen LogP contribution < -0.4 is 5.32 Å². The van der Waals surface area contributed by atoms with Gasteiger partial charge >= 0.3 is 0 Å². The largest absolute Gasteiger partial charge is 0.393 e. The summed E-state index contributed by atoms with van der Waals surface area (Å²) in [6.07, 6.45) is 3.09. The van der Waals surface area contributed by atoms with Gasteiger partial charge in [0.05, 0.1) is 11.8 Å². The lowest BCUT2D eigenvalue weighted by Crippen LogP contribution is -2.39. The van der Waals surface area contributed by atoms with Crippen molar-refractivity contribution in [3.8, 4) is 0 Å². The fraction of sp³-hybridized carbons (Fsp3) is 0.667. The van der Waals surface area contributed by atoms with E-state index in [1.54, 1.807) is 6.33 Å². The fourth-order valence-electron chi connectivity index (χ4n) is 1.76. The topological polar surface area (TPSA) is 58.0 Å². The molecule has 1 aliphatic rings. The van der Waals surface area contributed by atoms with Gasteiger partial charge in [0.25, 0.3) is 0 Å². The normalized spacial score (nSPS) is 25.0. The van der Waals surface area contributed by atoms with E-state index >= 15 is 0 Å². The number of nitrogens with one attached hydrogen (secondary N) is 1. The molecule has 1 heterocycles. The van der Waals surface area contributed by atoms with Crippen LogP contribution in [0, 0.1) is 0 Å². The molecule has 0 unspecified atom stereocenters. The second kappa shape index (κ2) is 4.01. The highest BCUT2D eigenvalue weighted by Crippen LogP contribution is 2.25. The number of hydrogen-bond acceptors (Lipinski definition) is 4. The van der Waals surface area contributed by atoms with E-state index in [0.29, 0.717) is 6.04 Å². The molecule has 16 heavy (non-hydrogen) atoms. The van der Waals surface area contributed by atoms with Crippen molar-refractivity contribution < 1.29 is 5.11 Å². The molecule has 2 N–H and O–H groups in total. The Bertz CT molecular complexity index is 367. The van der Waals surface area contributed by atoms with Gasteiger partial charge in [-0.05, 0) is 12.8 Å². The van der Waals surface area contributed by atoms with Crippen molar-refractivity contribution in [2.45, 2.75) is 51.2 Å². The molecule has 1 fully saturated rings. The van der Waals surface area contributed by atoms with E-state index in [0.717, 1.165) is 24.4 Å². The Morgan fingerprint density at radius 2 is 2.00 bits per heavy atom. The first-order valence-corrected chi connectivity index (χ1v) is 5.72. The molecule has 0 saturated heterocycles. The van der Waals surface area contributed by atoms with Crippen LogP contribution in [0.3, 0.4) is 0 Å². The quantitative estimate of drug-likeness (QED) is 0.798. The van der Waals surface area contributed by atoms with Crippen LogP contribution in [0.5, 0.6) is 0 Å². The predicted octanol–water partition coefficient (Wildman–Crippen LogP) is 1.71. The molecule has 4 heteroatoms. The Hall–Kier alpha value is -1.16. The van der Waals surface area contributed by atoms with Crippen LogP contribution in [0.4, 0.5) is 5.82 Å². The van der Waals surface area contributed by atoms with E-state index in [2.05, 4.69) is 36.1 Å². The third kappa shape index (κ3) is 2.50. The van der Waals surface area contributed by atoms with Crippen molar-refractivity contribution in [1.82, 2.24) is 9.97 Å². The van der Waals surface area contributed by atoms with E-state index in [9.17, 15) is 5.11 Å². The number of rotatable bonds is 2. The van der Waals surface area contributed by atoms with Gasteiger partial charge < -0.3 is 10.4 Å². The minimum absolute atomic E-state index is 0.0402. The lowest BCUT2D eigenvalue weighted by molar-refractivity contribution is 0.0835. The molecule has 2 rings (SSSR count). The molecule has 4 nitrogen and oxygen atoms in total. The zero-order valence-electron chi connectivity index (χ0n) is 10.1. The monoisotopic (exact) mass is 221 g/mol. The molecule has 1 saturated carbocycles. The van der Waals surface area contributed by atoms with Crippen molar-refractivity contribution in [3.05, 3.63) is 18.1 Å². The summed E-state index contributed by atoms with van der Waals surface area (Å²) in [6.45, 7) is 6.39. The molecule has 0 spiro atoms. The Kier molecular flexibility index (Phi) is 2.84. The van der Waals surface area contributed by atoms with Gasteiger partial charge in [-0.15, -0.1) is 0 Å². The summed E-state index contributed by atoms with van der Waals surface area (Å²) in [7, 11) is 0.